The molecular formula is C21H32BrNO4. The van der Waals surface area contributed by atoms with Gasteiger partial charge in [0.05, 0.1) is 19.8 Å². The average molecular weight is 442 g/mol. The van der Waals surface area contributed by atoms with Crippen LogP contribution in [-0.4, -0.2) is 49.8 Å². The molecule has 152 valence electrons. The second-order valence-electron chi connectivity index (χ2n) is 7.40. The summed E-state index contributed by atoms with van der Waals surface area (Å²) in [7, 11) is 3.15. The number of piperidine rings is 1. The Morgan fingerprint density at radius 2 is 1.74 bits per heavy atom. The first-order chi connectivity index (χ1) is 12.7. The van der Waals surface area contributed by atoms with Crippen molar-refractivity contribution in [3.05, 3.63) is 23.8 Å². The zero-order valence-electron chi connectivity index (χ0n) is 16.6. The third-order valence-corrected chi connectivity index (χ3v) is 5.75. The summed E-state index contributed by atoms with van der Waals surface area (Å²) in [6.07, 6.45) is 8.25. The number of carbonyl (C=O) groups is 1. The number of fused-ring (bicyclic) bond motifs is 2. The third kappa shape index (κ3) is 5.17. The minimum atomic E-state index is -0.269. The van der Waals surface area contributed by atoms with Gasteiger partial charge in [0, 0.05) is 24.9 Å². The van der Waals surface area contributed by atoms with Crippen LogP contribution < -0.4 is 9.47 Å². The van der Waals surface area contributed by atoms with E-state index in [-0.39, 0.29) is 29.1 Å². The first-order valence-corrected chi connectivity index (χ1v) is 9.85. The average Bonchev–Trinajstić information content (AvgIpc) is 2.89. The summed E-state index contributed by atoms with van der Waals surface area (Å²) < 4.78 is 16.4. The molecule has 1 aromatic rings. The molecule has 0 radical (unpaired) electrons. The maximum Gasteiger partial charge on any atom is 0.338 e. The Kier molecular flexibility index (Phi) is 8.42. The molecular weight excluding hydrogens is 410 g/mol. The zero-order chi connectivity index (χ0) is 18.5. The van der Waals surface area contributed by atoms with Crippen LogP contribution in [-0.2, 0) is 4.74 Å². The number of unbranched alkanes of at least 4 members (excludes halogenated alkanes) is 2. The number of methoxy groups -OCH3 is 2. The fourth-order valence-corrected chi connectivity index (χ4v) is 4.41. The van der Waals surface area contributed by atoms with E-state index in [0.717, 1.165) is 12.8 Å². The Morgan fingerprint density at radius 1 is 1.07 bits per heavy atom. The van der Waals surface area contributed by atoms with Gasteiger partial charge >= 0.3 is 5.97 Å². The molecule has 2 heterocycles. The lowest BCUT2D eigenvalue weighted by Crippen LogP contribution is -2.46. The SMILES string of the molecule is Br.CCCCCN1[C@@H]2CC[C@H]1CC(OC(=O)c1ccc(OC)c(OC)c1)C2. The molecule has 3 rings (SSSR count). The monoisotopic (exact) mass is 441 g/mol. The van der Waals surface area contributed by atoms with E-state index in [1.165, 1.54) is 38.6 Å². The highest BCUT2D eigenvalue weighted by molar-refractivity contribution is 8.93. The number of ether oxygens (including phenoxy) is 3. The normalized spacial score (nSPS) is 24.2. The molecule has 0 spiro atoms. The molecule has 2 fully saturated rings. The quantitative estimate of drug-likeness (QED) is 0.434. The van der Waals surface area contributed by atoms with Crippen molar-refractivity contribution >= 4 is 23.0 Å². The molecule has 3 atom stereocenters. The van der Waals surface area contributed by atoms with E-state index in [9.17, 15) is 4.79 Å². The van der Waals surface area contributed by atoms with Crippen molar-refractivity contribution in [2.75, 3.05) is 20.8 Å². The third-order valence-electron chi connectivity index (χ3n) is 5.75. The van der Waals surface area contributed by atoms with Crippen LogP contribution in [0.15, 0.2) is 18.2 Å². The lowest BCUT2D eigenvalue weighted by molar-refractivity contribution is -0.00633. The summed E-state index contributed by atoms with van der Waals surface area (Å²) in [5.41, 5.74) is 0.514. The van der Waals surface area contributed by atoms with Crippen molar-refractivity contribution in [2.45, 2.75) is 70.1 Å². The van der Waals surface area contributed by atoms with Gasteiger partial charge in [0.1, 0.15) is 6.10 Å². The number of hydrogen-bond donors (Lipinski definition) is 0. The van der Waals surface area contributed by atoms with E-state index >= 15 is 0 Å². The van der Waals surface area contributed by atoms with Crippen molar-refractivity contribution in [1.29, 1.82) is 0 Å². The Morgan fingerprint density at radius 3 is 2.33 bits per heavy atom. The molecule has 2 saturated heterocycles. The first kappa shape index (κ1) is 22.0. The van der Waals surface area contributed by atoms with Gasteiger partial charge in [-0.3, -0.25) is 4.90 Å². The number of benzene rings is 1. The van der Waals surface area contributed by atoms with E-state index < -0.39 is 0 Å². The van der Waals surface area contributed by atoms with Crippen LogP contribution in [0.4, 0.5) is 0 Å². The fourth-order valence-electron chi connectivity index (χ4n) is 4.41. The number of rotatable bonds is 8. The van der Waals surface area contributed by atoms with Crippen LogP contribution >= 0.6 is 17.0 Å². The Labute approximate surface area is 173 Å². The largest absolute Gasteiger partial charge is 0.493 e. The number of nitrogens with zero attached hydrogens (tertiary/aromatic N) is 1. The highest BCUT2D eigenvalue weighted by Gasteiger charge is 2.41. The van der Waals surface area contributed by atoms with Gasteiger partial charge in [0.15, 0.2) is 11.5 Å². The molecule has 0 saturated carbocycles. The lowest BCUT2D eigenvalue weighted by Gasteiger charge is -2.38. The molecule has 6 heteroatoms. The number of halogens is 1. The summed E-state index contributed by atoms with van der Waals surface area (Å²) >= 11 is 0. The second kappa shape index (κ2) is 10.3. The van der Waals surface area contributed by atoms with Crippen LogP contribution in [0, 0.1) is 0 Å². The van der Waals surface area contributed by atoms with E-state index in [2.05, 4.69) is 11.8 Å². The van der Waals surface area contributed by atoms with Crippen molar-refractivity contribution in [1.82, 2.24) is 4.90 Å². The van der Waals surface area contributed by atoms with Gasteiger partial charge in [0.2, 0.25) is 0 Å². The summed E-state index contributed by atoms with van der Waals surface area (Å²) in [6, 6.07) is 6.33. The number of carbonyl (C=O) groups excluding carboxylic acids is 1. The van der Waals surface area contributed by atoms with E-state index in [1.807, 2.05) is 0 Å². The molecule has 0 N–H and O–H groups in total. The summed E-state index contributed by atoms with van der Waals surface area (Å²) in [6.45, 7) is 3.44. The Hall–Kier alpha value is -1.27. The first-order valence-electron chi connectivity index (χ1n) is 9.85. The van der Waals surface area contributed by atoms with Gasteiger partial charge in [-0.25, -0.2) is 4.79 Å². The molecule has 1 aromatic carbocycles. The zero-order valence-corrected chi connectivity index (χ0v) is 18.3. The van der Waals surface area contributed by atoms with E-state index in [4.69, 9.17) is 14.2 Å². The van der Waals surface area contributed by atoms with Crippen LogP contribution in [0.1, 0.15) is 62.2 Å². The molecule has 5 nitrogen and oxygen atoms in total. The number of hydrogen-bond acceptors (Lipinski definition) is 5. The smallest absolute Gasteiger partial charge is 0.338 e. The Balaban J connectivity index is 0.00000261. The summed E-state index contributed by atoms with van der Waals surface area (Å²) in [4.78, 5) is 15.2. The lowest BCUT2D eigenvalue weighted by atomic mass is 9.99. The van der Waals surface area contributed by atoms with Gasteiger partial charge in [-0.15, -0.1) is 17.0 Å². The predicted molar refractivity (Wildman–Crippen MR) is 111 cm³/mol. The molecule has 2 bridgehead atoms. The summed E-state index contributed by atoms with van der Waals surface area (Å²) in [5, 5.41) is 0. The van der Waals surface area contributed by atoms with Crippen LogP contribution in [0.5, 0.6) is 11.5 Å². The van der Waals surface area contributed by atoms with E-state index in [0.29, 0.717) is 29.1 Å². The Bertz CT molecular complexity index is 610. The highest BCUT2D eigenvalue weighted by Crippen LogP contribution is 2.37. The van der Waals surface area contributed by atoms with Crippen molar-refractivity contribution in [3.8, 4) is 11.5 Å². The number of esters is 1. The second-order valence-corrected chi connectivity index (χ2v) is 7.40. The van der Waals surface area contributed by atoms with Crippen molar-refractivity contribution in [3.63, 3.8) is 0 Å². The van der Waals surface area contributed by atoms with Gasteiger partial charge in [-0.1, -0.05) is 19.8 Å². The summed E-state index contributed by atoms with van der Waals surface area (Å²) in [5.74, 6) is 0.894. The van der Waals surface area contributed by atoms with Crippen molar-refractivity contribution < 1.29 is 19.0 Å². The van der Waals surface area contributed by atoms with Gasteiger partial charge in [-0.2, -0.15) is 0 Å². The predicted octanol–water partition coefficient (Wildman–Crippen LogP) is 4.62. The minimum Gasteiger partial charge on any atom is -0.493 e. The maximum absolute atomic E-state index is 12.6. The molecule has 0 aromatic heterocycles. The van der Waals surface area contributed by atoms with Crippen molar-refractivity contribution in [2.24, 2.45) is 0 Å². The van der Waals surface area contributed by atoms with Crippen LogP contribution in [0.3, 0.4) is 0 Å². The molecule has 2 aliphatic heterocycles. The van der Waals surface area contributed by atoms with Gasteiger partial charge in [0.25, 0.3) is 0 Å². The van der Waals surface area contributed by atoms with Gasteiger partial charge in [-0.05, 0) is 44.0 Å². The van der Waals surface area contributed by atoms with Gasteiger partial charge < -0.3 is 14.2 Å². The molecule has 2 aliphatic rings. The molecule has 27 heavy (non-hydrogen) atoms. The maximum atomic E-state index is 12.6. The van der Waals surface area contributed by atoms with E-state index in [1.54, 1.807) is 32.4 Å². The van der Waals surface area contributed by atoms with Crippen LogP contribution in [0.2, 0.25) is 0 Å². The topological polar surface area (TPSA) is 48.0 Å². The molecule has 0 amide bonds. The molecule has 1 unspecified atom stereocenters. The fraction of sp³-hybridized carbons (Fsp3) is 0.667. The minimum absolute atomic E-state index is 0. The molecule has 0 aliphatic carbocycles. The highest BCUT2D eigenvalue weighted by atomic mass is 79.9. The standard InChI is InChI=1S/C21H31NO4.BrH/c1-4-5-6-11-22-16-8-9-17(22)14-18(13-16)26-21(23)15-7-10-19(24-2)20(12-15)25-3;/h7,10,12,16-18H,4-6,8-9,11,13-14H2,1-3H3;1H/t16-,17+,18?;. The van der Waals surface area contributed by atoms with Crippen LogP contribution in [0.25, 0.3) is 0 Å².